The average Bonchev–Trinajstić information content (AvgIpc) is 1.76. The summed E-state index contributed by atoms with van der Waals surface area (Å²) in [5.41, 5.74) is 0. The molecule has 2 heteroatoms. The Kier molecular flexibility index (Phi) is 0.500. The summed E-state index contributed by atoms with van der Waals surface area (Å²) in [5.74, 6) is 0. The quantitative estimate of drug-likeness (QED) is 0.398. The molecule has 0 aromatic carbocycles. The second kappa shape index (κ2) is 0.704. The first kappa shape index (κ1) is 3.55. The average molecular weight is 93.1 g/mol. The minimum atomic E-state index is -1.64. The van der Waals surface area contributed by atoms with Gasteiger partial charge in [0.2, 0.25) is 7.57 Å². The van der Waals surface area contributed by atoms with Crippen molar-refractivity contribution in [2.75, 3.05) is 19.0 Å². The summed E-state index contributed by atoms with van der Waals surface area (Å²) >= 11 is 0. The molecule has 30 valence electrons. The van der Waals surface area contributed by atoms with E-state index in [1.54, 1.807) is 6.66 Å². The molecule has 1 saturated heterocycles. The highest BCUT2D eigenvalue weighted by atomic mass is 31.2. The summed E-state index contributed by atoms with van der Waals surface area (Å²) in [7, 11) is -1.64. The summed E-state index contributed by atoms with van der Waals surface area (Å²) in [6.45, 7) is 1.74. The molecule has 5 heavy (non-hydrogen) atoms. The number of hydrogen-bond donors (Lipinski definition) is 0. The van der Waals surface area contributed by atoms with E-state index < -0.39 is 7.57 Å². The molecule has 1 aliphatic heterocycles. The van der Waals surface area contributed by atoms with E-state index in [-0.39, 0.29) is 0 Å². The van der Waals surface area contributed by atoms with Gasteiger partial charge < -0.3 is 0 Å². The molecule has 1 aliphatic rings. The van der Waals surface area contributed by atoms with E-state index in [1.165, 1.54) is 0 Å². The van der Waals surface area contributed by atoms with Crippen LogP contribution in [0, 0.1) is 0 Å². The van der Waals surface area contributed by atoms with Gasteiger partial charge >= 0.3 is 0 Å². The van der Waals surface area contributed by atoms with Gasteiger partial charge in [-0.05, 0) is 0 Å². The van der Waals surface area contributed by atoms with Crippen LogP contribution in [0.4, 0.5) is 4.20 Å². The summed E-state index contributed by atoms with van der Waals surface area (Å²) < 4.78 is 11.9. The fourth-order valence-electron chi connectivity index (χ4n) is 0.138. The van der Waals surface area contributed by atoms with Gasteiger partial charge in [-0.25, -0.2) is 0 Å². The van der Waals surface area contributed by atoms with Crippen LogP contribution in [0.5, 0.6) is 0 Å². The van der Waals surface area contributed by atoms with Crippen LogP contribution >= 0.6 is 7.57 Å². The number of rotatable bonds is 0. The van der Waals surface area contributed by atoms with Crippen molar-refractivity contribution >= 4 is 7.57 Å². The molecule has 1 fully saturated rings. The zero-order chi connectivity index (χ0) is 3.91. The van der Waals surface area contributed by atoms with E-state index in [0.29, 0.717) is 0 Å². The van der Waals surface area contributed by atoms with Crippen molar-refractivity contribution in [2.24, 2.45) is 0 Å². The molecular weight excluding hydrogens is 86.0 g/mol. The largest absolute Gasteiger partial charge is 0.206 e. The van der Waals surface area contributed by atoms with Crippen LogP contribution in [0.15, 0.2) is 0 Å². The van der Waals surface area contributed by atoms with E-state index in [2.05, 4.69) is 0 Å². The van der Waals surface area contributed by atoms with Gasteiger partial charge in [-0.1, -0.05) is 4.20 Å². The van der Waals surface area contributed by atoms with E-state index in [4.69, 9.17) is 0 Å². The molecule has 0 aliphatic carbocycles. The van der Waals surface area contributed by atoms with Crippen molar-refractivity contribution in [2.45, 2.75) is 0 Å². The molecule has 0 atom stereocenters. The first-order valence-electron chi connectivity index (χ1n) is 1.75. The molecule has 0 saturated carbocycles. The Bertz CT molecular complexity index is 44.9. The Morgan fingerprint density at radius 3 is 1.80 bits per heavy atom. The Hall–Kier alpha value is 0.360. The third kappa shape index (κ3) is 0.845. The predicted octanol–water partition coefficient (Wildman–Crippen LogP) is 1.53. The van der Waals surface area contributed by atoms with Crippen LogP contribution in [0.1, 0.15) is 0 Å². The molecule has 0 bridgehead atoms. The maximum absolute atomic E-state index is 11.9. The van der Waals surface area contributed by atoms with Gasteiger partial charge in [0, 0.05) is 0 Å². The SMILES string of the molecule is C[P+]1(F)CC1. The first-order chi connectivity index (χ1) is 2.21. The number of hydrogen-bond acceptors (Lipinski definition) is 0. The Morgan fingerprint density at radius 2 is 1.80 bits per heavy atom. The van der Waals surface area contributed by atoms with E-state index in [9.17, 15) is 4.20 Å². The van der Waals surface area contributed by atoms with Gasteiger partial charge in [0.1, 0.15) is 12.3 Å². The van der Waals surface area contributed by atoms with Crippen LogP contribution in [0.25, 0.3) is 0 Å². The summed E-state index contributed by atoms with van der Waals surface area (Å²) in [4.78, 5) is 0. The maximum Gasteiger partial charge on any atom is 0.206 e. The summed E-state index contributed by atoms with van der Waals surface area (Å²) in [6, 6.07) is 0. The van der Waals surface area contributed by atoms with Crippen molar-refractivity contribution in [1.29, 1.82) is 0 Å². The molecular formula is C3H7FP+. The predicted molar refractivity (Wildman–Crippen MR) is 23.7 cm³/mol. The molecule has 0 amide bonds. The monoisotopic (exact) mass is 93.0 g/mol. The van der Waals surface area contributed by atoms with E-state index in [0.717, 1.165) is 12.3 Å². The lowest BCUT2D eigenvalue weighted by atomic mass is 11.0. The van der Waals surface area contributed by atoms with Gasteiger partial charge in [0.15, 0.2) is 0 Å². The maximum atomic E-state index is 11.9. The normalized spacial score (nSPS) is 30.0. The fraction of sp³-hybridized carbons (Fsp3) is 1.00. The van der Waals surface area contributed by atoms with Crippen molar-refractivity contribution < 1.29 is 4.20 Å². The van der Waals surface area contributed by atoms with E-state index >= 15 is 0 Å². The van der Waals surface area contributed by atoms with Crippen molar-refractivity contribution in [3.8, 4) is 0 Å². The van der Waals surface area contributed by atoms with Crippen molar-refractivity contribution in [3.63, 3.8) is 0 Å². The Labute approximate surface area is 31.8 Å². The second-order valence-corrected chi connectivity index (χ2v) is 5.13. The third-order valence-electron chi connectivity index (χ3n) is 0.840. The van der Waals surface area contributed by atoms with Crippen LogP contribution in [-0.4, -0.2) is 19.0 Å². The molecule has 0 radical (unpaired) electrons. The minimum Gasteiger partial charge on any atom is -0.0655 e. The minimum absolute atomic E-state index is 0.896. The lowest BCUT2D eigenvalue weighted by molar-refractivity contribution is 0.899. The molecule has 0 N–H and O–H groups in total. The smallest absolute Gasteiger partial charge is 0.0655 e. The van der Waals surface area contributed by atoms with Gasteiger partial charge in [-0.15, -0.1) is 0 Å². The zero-order valence-corrected chi connectivity index (χ0v) is 4.13. The van der Waals surface area contributed by atoms with Crippen LogP contribution in [0.3, 0.4) is 0 Å². The highest BCUT2D eigenvalue weighted by molar-refractivity contribution is 7.77. The topological polar surface area (TPSA) is 0 Å². The number of halogens is 1. The van der Waals surface area contributed by atoms with Crippen LogP contribution < -0.4 is 0 Å². The third-order valence-corrected chi connectivity index (χ3v) is 2.52. The zero-order valence-electron chi connectivity index (χ0n) is 3.24. The molecule has 1 heterocycles. The standard InChI is InChI=1S/C3H7FP/c1-5(4)2-3-5/h2-3H2,1H3/q+1. The summed E-state index contributed by atoms with van der Waals surface area (Å²) in [6.07, 6.45) is 1.79. The molecule has 0 aromatic heterocycles. The van der Waals surface area contributed by atoms with Gasteiger partial charge in [0.25, 0.3) is 0 Å². The van der Waals surface area contributed by atoms with Gasteiger partial charge in [0.05, 0.1) is 6.66 Å². The molecule has 0 spiro atoms. The summed E-state index contributed by atoms with van der Waals surface area (Å²) in [5, 5.41) is 0. The molecule has 0 unspecified atom stereocenters. The van der Waals surface area contributed by atoms with Gasteiger partial charge in [-0.3, -0.25) is 0 Å². The van der Waals surface area contributed by atoms with Crippen molar-refractivity contribution in [3.05, 3.63) is 0 Å². The van der Waals surface area contributed by atoms with Crippen molar-refractivity contribution in [1.82, 2.24) is 0 Å². The lowest BCUT2D eigenvalue weighted by Gasteiger charge is -1.69. The molecule has 1 rings (SSSR count). The van der Waals surface area contributed by atoms with Crippen LogP contribution in [0.2, 0.25) is 0 Å². The van der Waals surface area contributed by atoms with Gasteiger partial charge in [-0.2, -0.15) is 0 Å². The Balaban J connectivity index is 2.38. The fourth-order valence-corrected chi connectivity index (χ4v) is 1.24. The Morgan fingerprint density at radius 1 is 1.60 bits per heavy atom. The second-order valence-electron chi connectivity index (χ2n) is 1.71. The van der Waals surface area contributed by atoms with E-state index in [1.807, 2.05) is 0 Å². The molecule has 0 aromatic rings. The first-order valence-corrected chi connectivity index (χ1v) is 4.25. The highest BCUT2D eigenvalue weighted by Gasteiger charge is 2.49. The van der Waals surface area contributed by atoms with Crippen LogP contribution in [-0.2, 0) is 0 Å². The lowest BCUT2D eigenvalue weighted by Crippen LogP contribution is -1.41. The highest BCUT2D eigenvalue weighted by Crippen LogP contribution is 2.70. The molecule has 0 nitrogen and oxygen atoms in total.